The maximum Gasteiger partial charge on any atom is 0.341 e. The minimum absolute atomic E-state index is 0.0321. The second-order valence-corrected chi connectivity index (χ2v) is 8.60. The lowest BCUT2D eigenvalue weighted by Gasteiger charge is -2.37. The van der Waals surface area contributed by atoms with Crippen LogP contribution in [0.2, 0.25) is 0 Å². The maximum absolute atomic E-state index is 13.7. The fourth-order valence-electron chi connectivity index (χ4n) is 4.63. The third-order valence-electron chi connectivity index (χ3n) is 6.45. The van der Waals surface area contributed by atoms with Crippen LogP contribution in [-0.4, -0.2) is 45.9 Å². The molecule has 0 radical (unpaired) electrons. The van der Waals surface area contributed by atoms with E-state index in [1.807, 2.05) is 30.3 Å². The van der Waals surface area contributed by atoms with Crippen molar-refractivity contribution in [3.63, 3.8) is 0 Å². The van der Waals surface area contributed by atoms with Gasteiger partial charge in [-0.1, -0.05) is 25.1 Å². The van der Waals surface area contributed by atoms with Gasteiger partial charge in [0.1, 0.15) is 5.56 Å². The number of hydrogen-bond donors (Lipinski definition) is 2. The Morgan fingerprint density at radius 3 is 2.37 bits per heavy atom. The van der Waals surface area contributed by atoms with Gasteiger partial charge in [0, 0.05) is 18.2 Å². The van der Waals surface area contributed by atoms with E-state index >= 15 is 0 Å². The summed E-state index contributed by atoms with van der Waals surface area (Å²) in [4.78, 5) is 27.5. The molecular formula is C23H30N4O3. The lowest BCUT2D eigenvalue weighted by atomic mass is 9.82. The number of hydrogen-bond acceptors (Lipinski definition) is 4. The van der Waals surface area contributed by atoms with Crippen molar-refractivity contribution in [2.75, 3.05) is 18.0 Å². The molecule has 1 aromatic heterocycles. The number of piperidine rings is 1. The SMILES string of the molecule is C[C@H]1CC[C@H](C(=O)N(c2nn(-c3ccccc3)cc2C(=O)O)C2CCNCC2)CC1. The molecule has 0 unspecified atom stereocenters. The summed E-state index contributed by atoms with van der Waals surface area (Å²) in [7, 11) is 0. The standard InChI is InChI=1S/C23H30N4O3/c1-16-7-9-17(10-8-16)22(28)27(19-11-13-24-14-12-19)21-20(23(29)30)15-26(25-21)18-5-3-2-4-6-18/h2-6,15-17,19,24H,7-14H2,1H3,(H,29,30)/t16-,17-. The molecule has 1 aliphatic carbocycles. The molecule has 1 saturated heterocycles. The average molecular weight is 411 g/mol. The van der Waals surface area contributed by atoms with Crippen LogP contribution in [0.3, 0.4) is 0 Å². The third kappa shape index (κ3) is 4.26. The number of para-hydroxylation sites is 1. The van der Waals surface area contributed by atoms with Crippen LogP contribution in [0.1, 0.15) is 55.8 Å². The molecule has 7 heteroatoms. The normalized spacial score (nSPS) is 22.6. The lowest BCUT2D eigenvalue weighted by molar-refractivity contribution is -0.124. The van der Waals surface area contributed by atoms with Crippen molar-refractivity contribution in [1.82, 2.24) is 15.1 Å². The van der Waals surface area contributed by atoms with Crippen LogP contribution in [0.4, 0.5) is 5.82 Å². The van der Waals surface area contributed by atoms with Crippen molar-refractivity contribution >= 4 is 17.7 Å². The van der Waals surface area contributed by atoms with Crippen molar-refractivity contribution in [1.29, 1.82) is 0 Å². The first-order valence-corrected chi connectivity index (χ1v) is 11.0. The Morgan fingerprint density at radius 1 is 1.07 bits per heavy atom. The number of nitrogens with zero attached hydrogens (tertiary/aromatic N) is 3. The van der Waals surface area contributed by atoms with E-state index < -0.39 is 5.97 Å². The van der Waals surface area contributed by atoms with Crippen LogP contribution in [0.5, 0.6) is 0 Å². The third-order valence-corrected chi connectivity index (χ3v) is 6.45. The number of carboxylic acids is 1. The van der Waals surface area contributed by atoms with Crippen LogP contribution in [0, 0.1) is 11.8 Å². The van der Waals surface area contributed by atoms with Crippen LogP contribution in [-0.2, 0) is 4.79 Å². The number of nitrogens with one attached hydrogen (secondary N) is 1. The van der Waals surface area contributed by atoms with E-state index in [2.05, 4.69) is 17.3 Å². The van der Waals surface area contributed by atoms with Gasteiger partial charge in [0.15, 0.2) is 5.82 Å². The zero-order valence-electron chi connectivity index (χ0n) is 17.5. The number of carbonyl (C=O) groups excluding carboxylic acids is 1. The van der Waals surface area contributed by atoms with Crippen molar-refractivity contribution in [2.24, 2.45) is 11.8 Å². The van der Waals surface area contributed by atoms with E-state index in [0.29, 0.717) is 5.92 Å². The minimum Gasteiger partial charge on any atom is -0.477 e. The van der Waals surface area contributed by atoms with E-state index in [1.165, 1.54) is 6.20 Å². The van der Waals surface area contributed by atoms with Gasteiger partial charge in [-0.3, -0.25) is 9.69 Å². The molecule has 1 aliphatic heterocycles. The van der Waals surface area contributed by atoms with Crippen LogP contribution in [0.25, 0.3) is 5.69 Å². The Labute approximate surface area is 177 Å². The molecule has 1 saturated carbocycles. The highest BCUT2D eigenvalue weighted by molar-refractivity contribution is 6.02. The summed E-state index contributed by atoms with van der Waals surface area (Å²) in [5.74, 6) is -0.152. The van der Waals surface area contributed by atoms with Crippen molar-refractivity contribution < 1.29 is 14.7 Å². The number of amides is 1. The molecule has 1 aromatic carbocycles. The smallest absolute Gasteiger partial charge is 0.341 e. The maximum atomic E-state index is 13.7. The number of aromatic nitrogens is 2. The second kappa shape index (κ2) is 9.00. The number of anilines is 1. The van der Waals surface area contributed by atoms with Crippen LogP contribution in [0.15, 0.2) is 36.5 Å². The summed E-state index contributed by atoms with van der Waals surface area (Å²) in [6.45, 7) is 3.87. The highest BCUT2D eigenvalue weighted by atomic mass is 16.4. The van der Waals surface area contributed by atoms with E-state index in [1.54, 1.807) is 9.58 Å². The monoisotopic (exact) mass is 410 g/mol. The van der Waals surface area contributed by atoms with Gasteiger partial charge in [-0.05, 0) is 69.7 Å². The summed E-state index contributed by atoms with van der Waals surface area (Å²) >= 11 is 0. The Balaban J connectivity index is 1.73. The molecular weight excluding hydrogens is 380 g/mol. The Hall–Kier alpha value is -2.67. The number of carboxylic acid groups (broad SMARTS) is 1. The summed E-state index contributed by atoms with van der Waals surface area (Å²) < 4.78 is 1.57. The molecule has 2 fully saturated rings. The van der Waals surface area contributed by atoms with Crippen LogP contribution >= 0.6 is 0 Å². The second-order valence-electron chi connectivity index (χ2n) is 8.60. The molecule has 7 nitrogen and oxygen atoms in total. The predicted octanol–water partition coefficient (Wildman–Crippen LogP) is 3.48. The first kappa shape index (κ1) is 20.6. The summed E-state index contributed by atoms with van der Waals surface area (Å²) in [6, 6.07) is 9.39. The minimum atomic E-state index is -1.06. The van der Waals surface area contributed by atoms with Gasteiger partial charge >= 0.3 is 5.97 Å². The average Bonchev–Trinajstić information content (AvgIpc) is 3.21. The molecule has 0 spiro atoms. The number of aromatic carboxylic acids is 1. The molecule has 1 amide bonds. The molecule has 2 N–H and O–H groups in total. The molecule has 30 heavy (non-hydrogen) atoms. The van der Waals surface area contributed by atoms with E-state index in [4.69, 9.17) is 0 Å². The first-order chi connectivity index (χ1) is 14.5. The van der Waals surface area contributed by atoms with Gasteiger partial charge in [0.2, 0.25) is 5.91 Å². The lowest BCUT2D eigenvalue weighted by Crippen LogP contribution is -2.49. The predicted molar refractivity (Wildman–Crippen MR) is 115 cm³/mol. The molecule has 0 bridgehead atoms. The van der Waals surface area contributed by atoms with Gasteiger partial charge in [0.25, 0.3) is 0 Å². The van der Waals surface area contributed by atoms with Gasteiger partial charge in [-0.15, -0.1) is 5.10 Å². The summed E-state index contributed by atoms with van der Waals surface area (Å²) in [5, 5.41) is 17.9. The summed E-state index contributed by atoms with van der Waals surface area (Å²) in [6.07, 6.45) is 6.93. The largest absolute Gasteiger partial charge is 0.477 e. The fraction of sp³-hybridized carbons (Fsp3) is 0.522. The number of benzene rings is 1. The van der Waals surface area contributed by atoms with E-state index in [0.717, 1.165) is 57.3 Å². The Bertz CT molecular complexity index is 881. The van der Waals surface area contributed by atoms with E-state index in [9.17, 15) is 14.7 Å². The molecule has 0 atom stereocenters. The summed E-state index contributed by atoms with van der Waals surface area (Å²) in [5.41, 5.74) is 0.852. The Kier molecular flexibility index (Phi) is 6.18. The van der Waals surface area contributed by atoms with Crippen LogP contribution < -0.4 is 10.2 Å². The fourth-order valence-corrected chi connectivity index (χ4v) is 4.63. The number of rotatable bonds is 5. The molecule has 4 rings (SSSR count). The molecule has 160 valence electrons. The molecule has 2 aliphatic rings. The highest BCUT2D eigenvalue weighted by Gasteiger charge is 2.37. The zero-order valence-corrected chi connectivity index (χ0v) is 17.5. The molecule has 2 aromatic rings. The zero-order chi connectivity index (χ0) is 21.1. The molecule has 2 heterocycles. The van der Waals surface area contributed by atoms with Gasteiger partial charge in [-0.25, -0.2) is 9.48 Å². The van der Waals surface area contributed by atoms with Gasteiger partial charge in [-0.2, -0.15) is 0 Å². The first-order valence-electron chi connectivity index (χ1n) is 11.0. The Morgan fingerprint density at radius 2 is 1.73 bits per heavy atom. The van der Waals surface area contributed by atoms with Gasteiger partial charge < -0.3 is 10.4 Å². The topological polar surface area (TPSA) is 87.5 Å². The van der Waals surface area contributed by atoms with E-state index in [-0.39, 0.29) is 29.2 Å². The van der Waals surface area contributed by atoms with Crippen molar-refractivity contribution in [3.05, 3.63) is 42.1 Å². The highest BCUT2D eigenvalue weighted by Crippen LogP contribution is 2.34. The van der Waals surface area contributed by atoms with Gasteiger partial charge in [0.05, 0.1) is 5.69 Å². The number of carbonyl (C=O) groups is 2. The van der Waals surface area contributed by atoms with Crippen molar-refractivity contribution in [3.8, 4) is 5.69 Å². The quantitative estimate of drug-likeness (QED) is 0.788. The van der Waals surface area contributed by atoms with Crippen molar-refractivity contribution in [2.45, 2.75) is 51.5 Å².